The van der Waals surface area contributed by atoms with Crippen LogP contribution in [-0.2, 0) is 9.53 Å². The van der Waals surface area contributed by atoms with Crippen LogP contribution >= 0.6 is 23.7 Å². The van der Waals surface area contributed by atoms with Gasteiger partial charge < -0.3 is 9.47 Å². The summed E-state index contributed by atoms with van der Waals surface area (Å²) in [6.07, 6.45) is 0.831. The fraction of sp³-hybridized carbons (Fsp3) is 0.391. The Morgan fingerprint density at radius 2 is 1.97 bits per heavy atom. The zero-order valence-electron chi connectivity index (χ0n) is 18.0. The number of anilines is 1. The van der Waals surface area contributed by atoms with Crippen molar-refractivity contribution in [2.24, 2.45) is 0 Å². The fourth-order valence-electron chi connectivity index (χ4n) is 3.49. The van der Waals surface area contributed by atoms with E-state index in [0.717, 1.165) is 55.0 Å². The summed E-state index contributed by atoms with van der Waals surface area (Å²) >= 11 is 1.51. The first-order chi connectivity index (χ1) is 15.1. The molecule has 0 N–H and O–H groups in total. The van der Waals surface area contributed by atoms with Crippen molar-refractivity contribution in [3.8, 4) is 5.75 Å². The Morgan fingerprint density at radius 3 is 2.72 bits per heavy atom. The molecule has 2 aromatic carbocycles. The molecule has 3 aromatic rings. The first-order valence-electron chi connectivity index (χ1n) is 10.4. The molecule has 1 aromatic heterocycles. The van der Waals surface area contributed by atoms with Crippen LogP contribution in [0.25, 0.3) is 10.2 Å². The van der Waals surface area contributed by atoms with Crippen LogP contribution in [0.2, 0.25) is 0 Å². The third-order valence-corrected chi connectivity index (χ3v) is 6.24. The van der Waals surface area contributed by atoms with E-state index in [1.165, 1.54) is 35.6 Å². The lowest BCUT2D eigenvalue weighted by atomic mass is 10.2. The lowest BCUT2D eigenvalue weighted by molar-refractivity contribution is -0.120. The van der Waals surface area contributed by atoms with Crippen LogP contribution in [0.5, 0.6) is 5.75 Å². The van der Waals surface area contributed by atoms with Crippen molar-refractivity contribution in [3.05, 3.63) is 53.8 Å². The van der Waals surface area contributed by atoms with Gasteiger partial charge in [0.1, 0.15) is 11.6 Å². The molecule has 0 unspecified atom stereocenters. The third kappa shape index (κ3) is 6.38. The number of thiazole rings is 1. The largest absolute Gasteiger partial charge is 0.484 e. The number of fused-ring (bicyclic) bond motifs is 1. The van der Waals surface area contributed by atoms with Crippen molar-refractivity contribution in [3.63, 3.8) is 0 Å². The van der Waals surface area contributed by atoms with Crippen molar-refractivity contribution in [1.82, 2.24) is 9.88 Å². The summed E-state index contributed by atoms with van der Waals surface area (Å²) in [5, 5.41) is 0.676. The Morgan fingerprint density at radius 1 is 1.22 bits per heavy atom. The summed E-state index contributed by atoms with van der Waals surface area (Å²) in [5.74, 6) is -0.0433. The first-order valence-corrected chi connectivity index (χ1v) is 11.3. The highest BCUT2D eigenvalue weighted by Crippen LogP contribution is 2.30. The maximum Gasteiger partial charge on any atom is 0.266 e. The standard InChI is InChI=1S/C23H26FN3O3S.ClH/c1-17-3-8-20-21(15-17)31-23(25-20)27(10-2-9-26-11-13-29-14-12-26)22(28)16-30-19-6-4-18(24)5-7-19;/h3-8,15H,2,9-14,16H2,1H3;1H. The molecule has 0 bridgehead atoms. The van der Waals surface area contributed by atoms with Gasteiger partial charge in [0.25, 0.3) is 5.91 Å². The number of halogens is 2. The maximum atomic E-state index is 13.1. The highest BCUT2D eigenvalue weighted by molar-refractivity contribution is 7.22. The van der Waals surface area contributed by atoms with E-state index >= 15 is 0 Å². The smallest absolute Gasteiger partial charge is 0.266 e. The number of benzene rings is 2. The van der Waals surface area contributed by atoms with Crippen LogP contribution in [0, 0.1) is 12.7 Å². The molecular formula is C23H27ClFN3O3S. The van der Waals surface area contributed by atoms with E-state index in [1.54, 1.807) is 4.90 Å². The van der Waals surface area contributed by atoms with Gasteiger partial charge >= 0.3 is 0 Å². The van der Waals surface area contributed by atoms with Gasteiger partial charge in [-0.1, -0.05) is 17.4 Å². The van der Waals surface area contributed by atoms with E-state index < -0.39 is 0 Å². The SMILES string of the molecule is Cc1ccc2nc(N(CCCN3CCOCC3)C(=O)COc3ccc(F)cc3)sc2c1.Cl. The molecule has 4 rings (SSSR count). The van der Waals surface area contributed by atoms with Crippen LogP contribution in [0.1, 0.15) is 12.0 Å². The summed E-state index contributed by atoms with van der Waals surface area (Å²) in [5.41, 5.74) is 2.04. The molecule has 172 valence electrons. The topological polar surface area (TPSA) is 54.9 Å². The molecule has 1 fully saturated rings. The molecule has 0 radical (unpaired) electrons. The summed E-state index contributed by atoms with van der Waals surface area (Å²) in [6, 6.07) is 11.8. The van der Waals surface area contributed by atoms with Crippen LogP contribution in [0.3, 0.4) is 0 Å². The third-order valence-electron chi connectivity index (χ3n) is 5.20. The average molecular weight is 480 g/mol. The van der Waals surface area contributed by atoms with E-state index in [-0.39, 0.29) is 30.7 Å². The first kappa shape index (κ1) is 24.4. The summed E-state index contributed by atoms with van der Waals surface area (Å²) in [6.45, 7) is 6.72. The number of morpholine rings is 1. The van der Waals surface area contributed by atoms with Crippen molar-refractivity contribution >= 4 is 45.0 Å². The summed E-state index contributed by atoms with van der Waals surface area (Å²) < 4.78 is 25.2. The monoisotopic (exact) mass is 479 g/mol. The number of carbonyl (C=O) groups is 1. The van der Waals surface area contributed by atoms with E-state index in [9.17, 15) is 9.18 Å². The summed E-state index contributed by atoms with van der Waals surface area (Å²) in [7, 11) is 0. The number of rotatable bonds is 8. The summed E-state index contributed by atoms with van der Waals surface area (Å²) in [4.78, 5) is 21.8. The Balaban J connectivity index is 0.00000289. The van der Waals surface area contributed by atoms with E-state index in [2.05, 4.69) is 11.0 Å². The molecule has 1 saturated heterocycles. The Labute approximate surface area is 197 Å². The molecular weight excluding hydrogens is 453 g/mol. The van der Waals surface area contributed by atoms with Gasteiger partial charge in [-0.3, -0.25) is 14.6 Å². The van der Waals surface area contributed by atoms with Crippen LogP contribution in [0.15, 0.2) is 42.5 Å². The molecule has 9 heteroatoms. The van der Waals surface area contributed by atoms with Gasteiger partial charge in [0.15, 0.2) is 11.7 Å². The average Bonchev–Trinajstić information content (AvgIpc) is 3.19. The predicted octanol–water partition coefficient (Wildman–Crippen LogP) is 4.30. The highest BCUT2D eigenvalue weighted by Gasteiger charge is 2.21. The number of amides is 1. The van der Waals surface area contributed by atoms with Gasteiger partial charge in [0.2, 0.25) is 0 Å². The fourth-order valence-corrected chi connectivity index (χ4v) is 4.60. The number of nitrogens with zero attached hydrogens (tertiary/aromatic N) is 3. The van der Waals surface area contributed by atoms with Crippen LogP contribution < -0.4 is 9.64 Å². The molecule has 1 amide bonds. The van der Waals surface area contributed by atoms with E-state index in [1.807, 2.05) is 19.1 Å². The van der Waals surface area contributed by atoms with Crippen molar-refractivity contribution in [2.45, 2.75) is 13.3 Å². The van der Waals surface area contributed by atoms with Crippen LogP contribution in [-0.4, -0.2) is 61.8 Å². The number of ether oxygens (including phenoxy) is 2. The predicted molar refractivity (Wildman–Crippen MR) is 128 cm³/mol. The molecule has 6 nitrogen and oxygen atoms in total. The van der Waals surface area contributed by atoms with Crippen molar-refractivity contribution < 1.29 is 18.7 Å². The Bertz CT molecular complexity index is 1030. The van der Waals surface area contributed by atoms with Gasteiger partial charge in [-0.2, -0.15) is 0 Å². The van der Waals surface area contributed by atoms with Gasteiger partial charge in [-0.15, -0.1) is 12.4 Å². The molecule has 0 saturated carbocycles. The number of aryl methyl sites for hydroxylation is 1. The zero-order valence-corrected chi connectivity index (χ0v) is 19.6. The number of hydrogen-bond acceptors (Lipinski definition) is 6. The van der Waals surface area contributed by atoms with Crippen LogP contribution in [0.4, 0.5) is 9.52 Å². The minimum absolute atomic E-state index is 0. The van der Waals surface area contributed by atoms with Crippen molar-refractivity contribution in [2.75, 3.05) is 50.9 Å². The van der Waals surface area contributed by atoms with Gasteiger partial charge in [0.05, 0.1) is 23.4 Å². The normalized spacial score (nSPS) is 14.2. The zero-order chi connectivity index (χ0) is 21.6. The second kappa shape index (κ2) is 11.6. The Kier molecular flexibility index (Phi) is 8.81. The van der Waals surface area contributed by atoms with Gasteiger partial charge in [-0.25, -0.2) is 9.37 Å². The van der Waals surface area contributed by atoms with Crippen molar-refractivity contribution in [1.29, 1.82) is 0 Å². The lowest BCUT2D eigenvalue weighted by Gasteiger charge is -2.27. The number of carbonyl (C=O) groups excluding carboxylic acids is 1. The molecule has 2 heterocycles. The minimum atomic E-state index is -0.340. The maximum absolute atomic E-state index is 13.1. The molecule has 0 aliphatic carbocycles. The lowest BCUT2D eigenvalue weighted by Crippen LogP contribution is -2.40. The number of aromatic nitrogens is 1. The highest BCUT2D eigenvalue weighted by atomic mass is 35.5. The molecule has 1 aliphatic rings. The molecule has 0 atom stereocenters. The van der Waals surface area contributed by atoms with E-state index in [0.29, 0.717) is 17.4 Å². The van der Waals surface area contributed by atoms with Gasteiger partial charge in [-0.05, 0) is 55.3 Å². The number of hydrogen-bond donors (Lipinski definition) is 0. The minimum Gasteiger partial charge on any atom is -0.484 e. The molecule has 32 heavy (non-hydrogen) atoms. The van der Waals surface area contributed by atoms with Gasteiger partial charge in [0, 0.05) is 26.2 Å². The molecule has 0 spiro atoms. The molecule has 1 aliphatic heterocycles. The second-order valence-corrected chi connectivity index (χ2v) is 8.57. The Hall–Kier alpha value is -2.26. The van der Waals surface area contributed by atoms with E-state index in [4.69, 9.17) is 14.5 Å². The second-order valence-electron chi connectivity index (χ2n) is 7.56. The quantitative estimate of drug-likeness (QED) is 0.482.